The number of anilines is 1. The minimum Gasteiger partial charge on any atom is -0.369 e. The number of halogens is 2. The van der Waals surface area contributed by atoms with Gasteiger partial charge < -0.3 is 10.6 Å². The quantitative estimate of drug-likeness (QED) is 0.440. The van der Waals surface area contributed by atoms with E-state index in [-0.39, 0.29) is 12.4 Å². The van der Waals surface area contributed by atoms with Gasteiger partial charge in [-0.15, -0.1) is 35.9 Å². The zero-order chi connectivity index (χ0) is 16.1. The van der Waals surface area contributed by atoms with Crippen LogP contribution >= 0.6 is 47.5 Å². The second-order valence-corrected chi connectivity index (χ2v) is 6.71. The summed E-state index contributed by atoms with van der Waals surface area (Å²) in [5.41, 5.74) is 7.81. The van der Waals surface area contributed by atoms with Gasteiger partial charge in [-0.05, 0) is 48.9 Å². The van der Waals surface area contributed by atoms with Gasteiger partial charge in [-0.25, -0.2) is 4.99 Å². The molecule has 2 rings (SSSR count). The summed E-state index contributed by atoms with van der Waals surface area (Å²) in [7, 11) is 1.86. The van der Waals surface area contributed by atoms with Gasteiger partial charge in [0.15, 0.2) is 0 Å². The molecule has 0 atom stereocenters. The lowest BCUT2D eigenvalue weighted by atomic mass is 10.2. The standard InChI is InChI=1S/C16H18ClN3S2.ClH/c1-20(15-10-13(22-3)7-8-14(15)17)16(18)19-11-5-4-6-12(9-11)21-2;/h4-10H,1-3H3,(H2,18,19);1H/i1-1;. The van der Waals surface area contributed by atoms with E-state index in [0.717, 1.165) is 21.2 Å². The number of aliphatic imine (C=N–C) groups is 1. The predicted octanol–water partition coefficient (Wildman–Crippen LogP) is 5.29. The molecule has 23 heavy (non-hydrogen) atoms. The van der Waals surface area contributed by atoms with Crippen molar-refractivity contribution in [2.24, 2.45) is 10.7 Å². The lowest BCUT2D eigenvalue weighted by Gasteiger charge is -2.20. The molecule has 7 heteroatoms. The summed E-state index contributed by atoms with van der Waals surface area (Å²) in [6, 6.07) is 13.8. The first-order valence-corrected chi connectivity index (χ1v) is 9.43. The van der Waals surface area contributed by atoms with E-state index in [1.54, 1.807) is 28.4 Å². The van der Waals surface area contributed by atoms with Gasteiger partial charge in [-0.1, -0.05) is 17.7 Å². The lowest BCUT2D eigenvalue weighted by molar-refractivity contribution is 1.20. The molecule has 3 nitrogen and oxygen atoms in total. The number of nitrogens with two attached hydrogens (primary N) is 1. The molecule has 2 N–H and O–H groups in total. The third-order valence-corrected chi connectivity index (χ3v) is 4.93. The number of benzene rings is 2. The average Bonchev–Trinajstić information content (AvgIpc) is 2.54. The fourth-order valence-corrected chi connectivity index (χ4v) is 3.02. The van der Waals surface area contributed by atoms with Crippen LogP contribution in [0.2, 0.25) is 5.02 Å². The van der Waals surface area contributed by atoms with E-state index >= 15 is 0 Å². The molecule has 2 aromatic rings. The van der Waals surface area contributed by atoms with E-state index in [0.29, 0.717) is 11.0 Å². The summed E-state index contributed by atoms with van der Waals surface area (Å²) in [5.74, 6) is 0.401. The van der Waals surface area contributed by atoms with Gasteiger partial charge in [0.2, 0.25) is 5.96 Å². The largest absolute Gasteiger partial charge is 0.369 e. The van der Waals surface area contributed by atoms with Crippen LogP contribution in [0.4, 0.5) is 11.4 Å². The van der Waals surface area contributed by atoms with Crippen LogP contribution in [0.3, 0.4) is 0 Å². The van der Waals surface area contributed by atoms with Crippen LogP contribution in [-0.4, -0.2) is 25.5 Å². The Hall–Kier alpha value is -1.01. The zero-order valence-electron chi connectivity index (χ0n) is 13.1. The molecular weight excluding hydrogens is 368 g/mol. The molecule has 0 unspecified atom stereocenters. The van der Waals surface area contributed by atoms with Crippen molar-refractivity contribution in [1.29, 1.82) is 0 Å². The molecular formula is C16H19Cl2N3S2. The van der Waals surface area contributed by atoms with Crippen LogP contribution in [0.1, 0.15) is 0 Å². The second kappa shape index (κ2) is 9.33. The fraction of sp³-hybridized carbons (Fsp3) is 0.188. The summed E-state index contributed by atoms with van der Waals surface area (Å²) in [4.78, 5) is 8.56. The van der Waals surface area contributed by atoms with Gasteiger partial charge in [0.25, 0.3) is 0 Å². The van der Waals surface area contributed by atoms with Crippen LogP contribution in [0.25, 0.3) is 0 Å². The van der Waals surface area contributed by atoms with E-state index in [2.05, 4.69) is 4.99 Å². The highest BCUT2D eigenvalue weighted by atomic mass is 35.5. The summed E-state index contributed by atoms with van der Waals surface area (Å²) in [6.45, 7) is 0. The molecule has 0 aromatic heterocycles. The monoisotopic (exact) mass is 386 g/mol. The van der Waals surface area contributed by atoms with Gasteiger partial charge >= 0.3 is 0 Å². The average molecular weight is 387 g/mol. The maximum atomic E-state index is 6.28. The molecule has 0 aliphatic rings. The molecule has 124 valence electrons. The number of guanidine groups is 1. The van der Waals surface area contributed by atoms with Crippen LogP contribution in [-0.2, 0) is 0 Å². The third-order valence-electron chi connectivity index (χ3n) is 3.16. The van der Waals surface area contributed by atoms with Crippen LogP contribution in [0.5, 0.6) is 0 Å². The van der Waals surface area contributed by atoms with E-state index in [4.69, 9.17) is 17.3 Å². The maximum Gasteiger partial charge on any atom is 0.200 e. The van der Waals surface area contributed by atoms with Crippen molar-refractivity contribution in [2.45, 2.75) is 9.79 Å². The Labute approximate surface area is 157 Å². The molecule has 0 spiro atoms. The topological polar surface area (TPSA) is 41.6 Å². The van der Waals surface area contributed by atoms with Gasteiger partial charge in [0.05, 0.1) is 16.4 Å². The number of hydrogen-bond acceptors (Lipinski definition) is 3. The number of thioether (sulfide) groups is 2. The Balaban J connectivity index is 0.00000264. The highest BCUT2D eigenvalue weighted by molar-refractivity contribution is 7.98. The first-order valence-electron chi connectivity index (χ1n) is 6.60. The van der Waals surface area contributed by atoms with Crippen LogP contribution < -0.4 is 10.6 Å². The Morgan fingerprint density at radius 1 is 1.09 bits per heavy atom. The van der Waals surface area contributed by atoms with Crippen molar-refractivity contribution < 1.29 is 0 Å². The Morgan fingerprint density at radius 2 is 1.74 bits per heavy atom. The fourth-order valence-electron chi connectivity index (χ4n) is 1.89. The van der Waals surface area contributed by atoms with Gasteiger partial charge in [0, 0.05) is 16.8 Å². The van der Waals surface area contributed by atoms with Crippen molar-refractivity contribution in [2.75, 3.05) is 24.5 Å². The van der Waals surface area contributed by atoms with Crippen molar-refractivity contribution in [3.8, 4) is 0 Å². The van der Waals surface area contributed by atoms with E-state index in [1.165, 1.54) is 0 Å². The molecule has 0 saturated carbocycles. The lowest BCUT2D eigenvalue weighted by Crippen LogP contribution is -2.33. The summed E-state index contributed by atoms with van der Waals surface area (Å²) in [6.07, 6.45) is 4.06. The first-order chi connectivity index (χ1) is 10.5. The second-order valence-electron chi connectivity index (χ2n) is 4.55. The van der Waals surface area contributed by atoms with E-state index in [1.807, 2.05) is 62.0 Å². The zero-order valence-corrected chi connectivity index (χ0v) is 16.3. The minimum atomic E-state index is 0. The molecule has 0 aliphatic carbocycles. The molecule has 0 saturated heterocycles. The SMILES string of the molecule is CSc1cccc(N=C(N)N([11CH3])c2cc(SC)ccc2Cl)c1.Cl. The van der Waals surface area contributed by atoms with Gasteiger partial charge in [0.1, 0.15) is 0 Å². The number of nitrogens with zero attached hydrogens (tertiary/aromatic N) is 2. The number of rotatable bonds is 4. The molecule has 0 heterocycles. The molecule has 2 aromatic carbocycles. The van der Waals surface area contributed by atoms with E-state index in [9.17, 15) is 0 Å². The number of hydrogen-bond donors (Lipinski definition) is 1. The molecule has 0 bridgehead atoms. The highest BCUT2D eigenvalue weighted by Crippen LogP contribution is 2.30. The van der Waals surface area contributed by atoms with Crippen molar-refractivity contribution in [1.82, 2.24) is 0 Å². The highest BCUT2D eigenvalue weighted by Gasteiger charge is 2.10. The van der Waals surface area contributed by atoms with Crippen molar-refractivity contribution >= 4 is 64.9 Å². The molecule has 0 aliphatic heterocycles. The van der Waals surface area contributed by atoms with Gasteiger partial charge in [-0.3, -0.25) is 0 Å². The van der Waals surface area contributed by atoms with Crippen LogP contribution in [0.15, 0.2) is 57.2 Å². The summed E-state index contributed by atoms with van der Waals surface area (Å²) in [5, 5.41) is 0.649. The minimum absolute atomic E-state index is 0. The summed E-state index contributed by atoms with van der Waals surface area (Å²) >= 11 is 9.61. The smallest absolute Gasteiger partial charge is 0.200 e. The molecule has 0 radical (unpaired) electrons. The first kappa shape index (κ1) is 20.0. The Kier molecular flexibility index (Phi) is 8.12. The summed E-state index contributed by atoms with van der Waals surface area (Å²) < 4.78 is 0. The normalized spacial score (nSPS) is 11.0. The van der Waals surface area contributed by atoms with E-state index < -0.39 is 0 Å². The van der Waals surface area contributed by atoms with Gasteiger partial charge in [-0.2, -0.15) is 0 Å². The third kappa shape index (κ3) is 5.24. The Bertz CT molecular complexity index is 693. The molecule has 0 fully saturated rings. The van der Waals surface area contributed by atoms with Crippen molar-refractivity contribution in [3.63, 3.8) is 0 Å². The van der Waals surface area contributed by atoms with Crippen molar-refractivity contribution in [3.05, 3.63) is 47.5 Å². The Morgan fingerprint density at radius 3 is 2.39 bits per heavy atom. The maximum absolute atomic E-state index is 6.28. The van der Waals surface area contributed by atoms with Crippen LogP contribution in [0, 0.1) is 0 Å². The predicted molar refractivity (Wildman–Crippen MR) is 108 cm³/mol. The molecule has 0 amide bonds.